The largest absolute Gasteiger partial charge is 0.444 e. The van der Waals surface area contributed by atoms with Crippen LogP contribution in [0.3, 0.4) is 0 Å². The third-order valence-electron chi connectivity index (χ3n) is 7.11. The zero-order chi connectivity index (χ0) is 27.9. The smallest absolute Gasteiger partial charge is 0.410 e. The van der Waals surface area contributed by atoms with Gasteiger partial charge in [-0.3, -0.25) is 4.31 Å². The first-order valence-electron chi connectivity index (χ1n) is 13.5. The average molecular weight is 550 g/mol. The van der Waals surface area contributed by atoms with Gasteiger partial charge in [-0.1, -0.05) is 20.8 Å². The molecule has 38 heavy (non-hydrogen) atoms. The molecule has 1 aromatic carbocycles. The van der Waals surface area contributed by atoms with Gasteiger partial charge in [-0.2, -0.15) is 12.7 Å². The summed E-state index contributed by atoms with van der Waals surface area (Å²) in [5, 5.41) is 0. The van der Waals surface area contributed by atoms with E-state index in [0.717, 1.165) is 49.5 Å². The maximum atomic E-state index is 13.5. The Morgan fingerprint density at radius 1 is 1.08 bits per heavy atom. The SMILES string of the molecule is CN(c1ccc2c(c1)nc(C(C)(C)C)n2CC1CCOCC1)S(=O)(=O)N1CCN(C(=O)OC(C)(C)C)CC1. The Bertz CT molecular complexity index is 1250. The first kappa shape index (κ1) is 28.6. The first-order valence-corrected chi connectivity index (χ1v) is 14.9. The van der Waals surface area contributed by atoms with E-state index < -0.39 is 21.9 Å². The first-order chi connectivity index (χ1) is 17.7. The minimum Gasteiger partial charge on any atom is -0.444 e. The molecule has 0 unspecified atom stereocenters. The second-order valence-electron chi connectivity index (χ2n) is 12.4. The fourth-order valence-electron chi connectivity index (χ4n) is 4.99. The van der Waals surface area contributed by atoms with Crippen LogP contribution in [0.5, 0.6) is 0 Å². The summed E-state index contributed by atoms with van der Waals surface area (Å²) in [6.45, 7) is 15.4. The van der Waals surface area contributed by atoms with Gasteiger partial charge in [0.1, 0.15) is 11.4 Å². The van der Waals surface area contributed by atoms with Crippen molar-refractivity contribution in [3.8, 4) is 0 Å². The van der Waals surface area contributed by atoms with E-state index in [-0.39, 0.29) is 31.6 Å². The lowest BCUT2D eigenvalue weighted by Crippen LogP contribution is -2.54. The standard InChI is InChI=1S/C27H43N5O5S/c1-26(2,3)24-28-22-18-21(8-9-23(22)32(24)19-20-10-16-36-17-11-20)29(7)38(34,35)31-14-12-30(13-15-31)25(33)37-27(4,5)6/h8-9,18,20H,10-17,19H2,1-7H3. The Morgan fingerprint density at radius 2 is 1.71 bits per heavy atom. The van der Waals surface area contributed by atoms with Gasteiger partial charge < -0.3 is 18.9 Å². The van der Waals surface area contributed by atoms with Crippen LogP contribution in [0.2, 0.25) is 0 Å². The number of piperazine rings is 1. The second-order valence-corrected chi connectivity index (χ2v) is 14.3. The normalized spacial score (nSPS) is 18.7. The highest BCUT2D eigenvalue weighted by atomic mass is 32.2. The average Bonchev–Trinajstić information content (AvgIpc) is 3.21. The number of anilines is 1. The lowest BCUT2D eigenvalue weighted by molar-refractivity contribution is 0.0192. The molecule has 2 saturated heterocycles. The van der Waals surface area contributed by atoms with Crippen molar-refractivity contribution in [1.29, 1.82) is 0 Å². The molecule has 2 aromatic rings. The molecule has 0 aliphatic carbocycles. The molecule has 4 rings (SSSR count). The van der Waals surface area contributed by atoms with Crippen LogP contribution < -0.4 is 4.31 Å². The summed E-state index contributed by atoms with van der Waals surface area (Å²) in [7, 11) is -2.21. The minimum atomic E-state index is -3.78. The third kappa shape index (κ3) is 6.26. The molecule has 1 aromatic heterocycles. The minimum absolute atomic E-state index is 0.157. The summed E-state index contributed by atoms with van der Waals surface area (Å²) in [4.78, 5) is 18.9. The van der Waals surface area contributed by atoms with Gasteiger partial charge in [0.25, 0.3) is 0 Å². The maximum Gasteiger partial charge on any atom is 0.410 e. The molecule has 0 bridgehead atoms. The molecule has 2 fully saturated rings. The molecule has 2 aliphatic heterocycles. The van der Waals surface area contributed by atoms with Gasteiger partial charge in [0, 0.05) is 58.4 Å². The summed E-state index contributed by atoms with van der Waals surface area (Å²) >= 11 is 0. The number of carbonyl (C=O) groups excluding carboxylic acids is 1. The van der Waals surface area contributed by atoms with E-state index in [2.05, 4.69) is 25.3 Å². The van der Waals surface area contributed by atoms with E-state index in [0.29, 0.717) is 11.6 Å². The van der Waals surface area contributed by atoms with Gasteiger partial charge in [-0.25, -0.2) is 9.78 Å². The van der Waals surface area contributed by atoms with Crippen LogP contribution in [0.15, 0.2) is 18.2 Å². The van der Waals surface area contributed by atoms with Gasteiger partial charge in [0.05, 0.1) is 16.7 Å². The van der Waals surface area contributed by atoms with E-state index in [1.165, 1.54) is 8.61 Å². The molecule has 10 nitrogen and oxygen atoms in total. The molecular weight excluding hydrogens is 506 g/mol. The topological polar surface area (TPSA) is 97.2 Å². The van der Waals surface area contributed by atoms with E-state index in [4.69, 9.17) is 14.5 Å². The quantitative estimate of drug-likeness (QED) is 0.560. The van der Waals surface area contributed by atoms with E-state index in [9.17, 15) is 13.2 Å². The molecule has 0 saturated carbocycles. The Morgan fingerprint density at radius 3 is 2.29 bits per heavy atom. The number of hydrogen-bond donors (Lipinski definition) is 0. The van der Waals surface area contributed by atoms with Crippen LogP contribution in [0.4, 0.5) is 10.5 Å². The second kappa shape index (κ2) is 10.7. The van der Waals surface area contributed by atoms with Crippen LogP contribution in [-0.2, 0) is 31.6 Å². The van der Waals surface area contributed by atoms with Gasteiger partial charge >= 0.3 is 16.3 Å². The summed E-state index contributed by atoms with van der Waals surface area (Å²) in [6.07, 6.45) is 1.65. The number of nitrogens with zero attached hydrogens (tertiary/aromatic N) is 5. The van der Waals surface area contributed by atoms with Crippen molar-refractivity contribution < 1.29 is 22.7 Å². The lowest BCUT2D eigenvalue weighted by atomic mass is 9.94. The van der Waals surface area contributed by atoms with Crippen molar-refractivity contribution in [3.05, 3.63) is 24.0 Å². The van der Waals surface area contributed by atoms with Crippen molar-refractivity contribution in [1.82, 2.24) is 18.8 Å². The summed E-state index contributed by atoms with van der Waals surface area (Å²) in [5.74, 6) is 1.53. The Balaban J connectivity index is 1.53. The zero-order valence-electron chi connectivity index (χ0n) is 23.9. The number of aromatic nitrogens is 2. The van der Waals surface area contributed by atoms with Crippen molar-refractivity contribution in [2.24, 2.45) is 5.92 Å². The van der Waals surface area contributed by atoms with Crippen molar-refractivity contribution in [2.45, 2.75) is 71.9 Å². The molecule has 0 atom stereocenters. The molecule has 3 heterocycles. The number of amides is 1. The molecule has 0 spiro atoms. The highest BCUT2D eigenvalue weighted by Gasteiger charge is 2.34. The Labute approximate surface area is 227 Å². The van der Waals surface area contributed by atoms with Crippen LogP contribution >= 0.6 is 0 Å². The van der Waals surface area contributed by atoms with Crippen molar-refractivity contribution >= 4 is 33.0 Å². The number of rotatable bonds is 5. The lowest BCUT2D eigenvalue weighted by Gasteiger charge is -2.36. The zero-order valence-corrected chi connectivity index (χ0v) is 24.7. The van der Waals surface area contributed by atoms with Gasteiger partial charge in [-0.15, -0.1) is 0 Å². The molecule has 0 N–H and O–H groups in total. The summed E-state index contributed by atoms with van der Waals surface area (Å²) < 4.78 is 43.0. The van der Waals surface area contributed by atoms with E-state index in [1.807, 2.05) is 39.0 Å². The molecule has 2 aliphatic rings. The summed E-state index contributed by atoms with van der Waals surface area (Å²) in [5.41, 5.74) is 1.61. The van der Waals surface area contributed by atoms with E-state index >= 15 is 0 Å². The van der Waals surface area contributed by atoms with Gasteiger partial charge in [0.15, 0.2) is 0 Å². The Hall–Kier alpha value is -2.37. The van der Waals surface area contributed by atoms with Crippen LogP contribution in [-0.4, -0.2) is 85.3 Å². The number of carbonyl (C=O) groups is 1. The van der Waals surface area contributed by atoms with Crippen LogP contribution in [0, 0.1) is 5.92 Å². The third-order valence-corrected chi connectivity index (χ3v) is 9.03. The monoisotopic (exact) mass is 549 g/mol. The van der Waals surface area contributed by atoms with E-state index in [1.54, 1.807) is 11.9 Å². The van der Waals surface area contributed by atoms with Crippen molar-refractivity contribution in [3.63, 3.8) is 0 Å². The molecule has 212 valence electrons. The van der Waals surface area contributed by atoms with Crippen molar-refractivity contribution in [2.75, 3.05) is 50.7 Å². The number of benzene rings is 1. The maximum absolute atomic E-state index is 13.5. The fraction of sp³-hybridized carbons (Fsp3) is 0.704. The molecule has 0 radical (unpaired) electrons. The number of ether oxygens (including phenoxy) is 2. The highest BCUT2D eigenvalue weighted by Crippen LogP contribution is 2.32. The predicted octanol–water partition coefficient (Wildman–Crippen LogP) is 3.99. The fourth-order valence-corrected chi connectivity index (χ4v) is 6.34. The molecule has 11 heteroatoms. The predicted molar refractivity (Wildman–Crippen MR) is 149 cm³/mol. The number of fused-ring (bicyclic) bond motifs is 1. The van der Waals surface area contributed by atoms with Gasteiger partial charge in [-0.05, 0) is 57.7 Å². The number of hydrogen-bond acceptors (Lipinski definition) is 6. The van der Waals surface area contributed by atoms with Gasteiger partial charge in [0.2, 0.25) is 0 Å². The highest BCUT2D eigenvalue weighted by molar-refractivity contribution is 7.90. The summed E-state index contributed by atoms with van der Waals surface area (Å²) in [6, 6.07) is 5.70. The molecular formula is C27H43N5O5S. The Kier molecular flexibility index (Phi) is 8.03. The molecule has 1 amide bonds. The van der Waals surface area contributed by atoms with Crippen LogP contribution in [0.25, 0.3) is 11.0 Å². The van der Waals surface area contributed by atoms with Crippen LogP contribution in [0.1, 0.15) is 60.2 Å². The number of imidazole rings is 1.